The van der Waals surface area contributed by atoms with Crippen molar-refractivity contribution in [3.8, 4) is 0 Å². The summed E-state index contributed by atoms with van der Waals surface area (Å²) in [6.45, 7) is 0.452. The molecule has 0 bridgehead atoms. The topological polar surface area (TPSA) is 61.8 Å². The highest BCUT2D eigenvalue weighted by atomic mass is 19.1. The van der Waals surface area contributed by atoms with Crippen molar-refractivity contribution in [2.24, 2.45) is 0 Å². The molecule has 0 atom stereocenters. The molecule has 0 fully saturated rings. The molecule has 0 radical (unpaired) electrons. The number of halogens is 2. The summed E-state index contributed by atoms with van der Waals surface area (Å²) >= 11 is 0. The Balaban J connectivity index is 2.69. The van der Waals surface area contributed by atoms with Crippen molar-refractivity contribution in [2.75, 3.05) is 38.7 Å². The van der Waals surface area contributed by atoms with Crippen LogP contribution in [0.2, 0.25) is 0 Å². The van der Waals surface area contributed by atoms with Crippen LogP contribution < -0.4 is 5.32 Å². The minimum Gasteiger partial charge on any atom is -0.395 e. The quantitative estimate of drug-likeness (QED) is 0.825. The summed E-state index contributed by atoms with van der Waals surface area (Å²) in [5.74, 6) is -1.55. The molecular formula is C12H16F2N2O3. The van der Waals surface area contributed by atoms with Crippen molar-refractivity contribution in [1.29, 1.82) is 0 Å². The molecule has 0 spiro atoms. The Morgan fingerprint density at radius 3 is 2.47 bits per heavy atom. The van der Waals surface area contributed by atoms with Crippen molar-refractivity contribution in [2.45, 2.75) is 0 Å². The fourth-order valence-corrected chi connectivity index (χ4v) is 1.47. The molecule has 0 saturated carbocycles. The Hall–Kier alpha value is -1.73. The van der Waals surface area contributed by atoms with Gasteiger partial charge in [-0.3, -0.25) is 0 Å². The van der Waals surface area contributed by atoms with Crippen molar-refractivity contribution in [1.82, 2.24) is 4.90 Å². The normalized spacial score (nSPS) is 10.3. The van der Waals surface area contributed by atoms with Gasteiger partial charge >= 0.3 is 6.03 Å². The number of ether oxygens (including phenoxy) is 1. The van der Waals surface area contributed by atoms with Gasteiger partial charge in [0.2, 0.25) is 0 Å². The number of anilines is 1. The largest absolute Gasteiger partial charge is 0.395 e. The molecule has 1 aromatic rings. The van der Waals surface area contributed by atoms with E-state index in [2.05, 4.69) is 5.32 Å². The molecule has 106 valence electrons. The first-order valence-corrected chi connectivity index (χ1v) is 5.68. The summed E-state index contributed by atoms with van der Waals surface area (Å²) < 4.78 is 30.8. The van der Waals surface area contributed by atoms with Crippen molar-refractivity contribution < 1.29 is 23.4 Å². The first-order chi connectivity index (χ1) is 9.06. The Morgan fingerprint density at radius 2 is 1.95 bits per heavy atom. The molecule has 0 aliphatic rings. The summed E-state index contributed by atoms with van der Waals surface area (Å²) in [6.07, 6.45) is 0. The lowest BCUT2D eigenvalue weighted by Gasteiger charge is -2.21. The summed E-state index contributed by atoms with van der Waals surface area (Å²) in [5.41, 5.74) is 0.0165. The number of aliphatic hydroxyl groups excluding tert-OH is 1. The number of rotatable bonds is 6. The van der Waals surface area contributed by atoms with Crippen LogP contribution in [0.4, 0.5) is 19.3 Å². The van der Waals surface area contributed by atoms with E-state index in [1.807, 2.05) is 0 Å². The third-order valence-electron chi connectivity index (χ3n) is 2.34. The van der Waals surface area contributed by atoms with Gasteiger partial charge in [-0.15, -0.1) is 0 Å². The number of carbonyl (C=O) groups excluding carboxylic acids is 1. The predicted molar refractivity (Wildman–Crippen MR) is 65.9 cm³/mol. The molecule has 2 amide bonds. The lowest BCUT2D eigenvalue weighted by molar-refractivity contribution is 0.142. The fourth-order valence-electron chi connectivity index (χ4n) is 1.47. The Labute approximate surface area is 109 Å². The molecule has 5 nitrogen and oxygen atoms in total. The number of hydrogen-bond donors (Lipinski definition) is 2. The second-order valence-electron chi connectivity index (χ2n) is 3.79. The van der Waals surface area contributed by atoms with Gasteiger partial charge < -0.3 is 20.1 Å². The average Bonchev–Trinajstić information content (AvgIpc) is 2.33. The molecular weight excluding hydrogens is 258 g/mol. The Morgan fingerprint density at radius 1 is 1.32 bits per heavy atom. The minimum absolute atomic E-state index is 0.0165. The van der Waals surface area contributed by atoms with E-state index in [1.54, 1.807) is 0 Å². The highest BCUT2D eigenvalue weighted by molar-refractivity contribution is 5.89. The third-order valence-corrected chi connectivity index (χ3v) is 2.34. The van der Waals surface area contributed by atoms with E-state index >= 15 is 0 Å². The summed E-state index contributed by atoms with van der Waals surface area (Å²) in [4.78, 5) is 13.1. The summed E-state index contributed by atoms with van der Waals surface area (Å²) in [7, 11) is 1.48. The number of hydrogen-bond acceptors (Lipinski definition) is 3. The molecule has 0 unspecified atom stereocenters. The maximum absolute atomic E-state index is 13.0. The van der Waals surface area contributed by atoms with Crippen molar-refractivity contribution in [3.05, 3.63) is 29.8 Å². The molecule has 1 rings (SSSR count). The van der Waals surface area contributed by atoms with E-state index in [1.165, 1.54) is 12.0 Å². The first kappa shape index (κ1) is 15.3. The molecule has 0 aliphatic heterocycles. The Bertz CT molecular complexity index is 409. The minimum atomic E-state index is -0.777. The van der Waals surface area contributed by atoms with E-state index in [9.17, 15) is 13.6 Å². The standard InChI is InChI=1S/C12H16F2N2O3/c1-19-5-3-16(2-4-17)12(18)15-11-7-9(13)6-10(14)8-11/h6-8,17H,2-5H2,1H3,(H,15,18). The van der Waals surface area contributed by atoms with Gasteiger partial charge in [-0.05, 0) is 12.1 Å². The summed E-state index contributed by atoms with van der Waals surface area (Å²) in [6, 6.07) is 2.17. The summed E-state index contributed by atoms with van der Waals surface area (Å²) in [5, 5.41) is 11.2. The van der Waals surface area contributed by atoms with Gasteiger partial charge in [0, 0.05) is 32.0 Å². The SMILES string of the molecule is COCCN(CCO)C(=O)Nc1cc(F)cc(F)c1. The zero-order chi connectivity index (χ0) is 14.3. The van der Waals surface area contributed by atoms with Gasteiger partial charge in [0.15, 0.2) is 0 Å². The van der Waals surface area contributed by atoms with Crippen LogP contribution in [0.15, 0.2) is 18.2 Å². The van der Waals surface area contributed by atoms with E-state index in [0.29, 0.717) is 12.7 Å². The number of amides is 2. The number of carbonyl (C=O) groups is 1. The number of nitrogens with zero attached hydrogens (tertiary/aromatic N) is 1. The maximum Gasteiger partial charge on any atom is 0.322 e. The number of methoxy groups -OCH3 is 1. The van der Waals surface area contributed by atoms with Crippen LogP contribution in [0, 0.1) is 11.6 Å². The van der Waals surface area contributed by atoms with Crippen LogP contribution in [0.5, 0.6) is 0 Å². The van der Waals surface area contributed by atoms with Crippen LogP contribution in [-0.4, -0.2) is 49.5 Å². The van der Waals surface area contributed by atoms with Crippen molar-refractivity contribution in [3.63, 3.8) is 0 Å². The van der Waals surface area contributed by atoms with Crippen LogP contribution >= 0.6 is 0 Å². The molecule has 0 aliphatic carbocycles. The highest BCUT2D eigenvalue weighted by Crippen LogP contribution is 2.13. The second kappa shape index (κ2) is 7.65. The number of benzene rings is 1. The van der Waals surface area contributed by atoms with E-state index < -0.39 is 17.7 Å². The van der Waals surface area contributed by atoms with Gasteiger partial charge in [-0.2, -0.15) is 0 Å². The molecule has 0 heterocycles. The molecule has 0 aromatic heterocycles. The zero-order valence-electron chi connectivity index (χ0n) is 10.5. The fraction of sp³-hybridized carbons (Fsp3) is 0.417. The van der Waals surface area contributed by atoms with Gasteiger partial charge in [0.05, 0.1) is 13.2 Å². The van der Waals surface area contributed by atoms with Crippen LogP contribution in [0.25, 0.3) is 0 Å². The van der Waals surface area contributed by atoms with E-state index in [0.717, 1.165) is 12.1 Å². The average molecular weight is 274 g/mol. The lowest BCUT2D eigenvalue weighted by Crippen LogP contribution is -2.39. The number of nitrogens with one attached hydrogen (secondary N) is 1. The monoisotopic (exact) mass is 274 g/mol. The van der Waals surface area contributed by atoms with Gasteiger partial charge in [-0.25, -0.2) is 13.6 Å². The van der Waals surface area contributed by atoms with E-state index in [4.69, 9.17) is 9.84 Å². The number of urea groups is 1. The molecule has 19 heavy (non-hydrogen) atoms. The smallest absolute Gasteiger partial charge is 0.322 e. The van der Waals surface area contributed by atoms with Gasteiger partial charge in [-0.1, -0.05) is 0 Å². The predicted octanol–water partition coefficient (Wildman–Crippen LogP) is 1.44. The van der Waals surface area contributed by atoms with Gasteiger partial charge in [0.1, 0.15) is 11.6 Å². The third kappa shape index (κ3) is 5.19. The van der Waals surface area contributed by atoms with Crippen LogP contribution in [-0.2, 0) is 4.74 Å². The zero-order valence-corrected chi connectivity index (χ0v) is 10.5. The van der Waals surface area contributed by atoms with E-state index in [-0.39, 0.29) is 25.4 Å². The Kier molecular flexibility index (Phi) is 6.17. The van der Waals surface area contributed by atoms with Crippen molar-refractivity contribution >= 4 is 11.7 Å². The first-order valence-electron chi connectivity index (χ1n) is 5.68. The maximum atomic E-state index is 13.0. The highest BCUT2D eigenvalue weighted by Gasteiger charge is 2.13. The molecule has 1 aromatic carbocycles. The van der Waals surface area contributed by atoms with Crippen LogP contribution in [0.3, 0.4) is 0 Å². The lowest BCUT2D eigenvalue weighted by atomic mass is 10.3. The number of aliphatic hydroxyl groups is 1. The molecule has 2 N–H and O–H groups in total. The second-order valence-corrected chi connectivity index (χ2v) is 3.79. The van der Waals surface area contributed by atoms with Gasteiger partial charge in [0.25, 0.3) is 0 Å². The molecule has 0 saturated heterocycles. The molecule has 7 heteroatoms. The van der Waals surface area contributed by atoms with Crippen LogP contribution in [0.1, 0.15) is 0 Å².